The van der Waals surface area contributed by atoms with Crippen LogP contribution in [0.5, 0.6) is 0 Å². The molecule has 0 aromatic heterocycles. The third kappa shape index (κ3) is 2.40. The fourth-order valence-corrected chi connectivity index (χ4v) is 3.48. The molecule has 0 radical (unpaired) electrons. The van der Waals surface area contributed by atoms with E-state index in [4.69, 9.17) is 9.47 Å². The fraction of sp³-hybridized carbons (Fsp3) is 0.917. The first-order valence-electron chi connectivity index (χ1n) is 6.42. The SMILES string of the molecule is C[C@@H]1[C@@H](C2CS2)OC(=O)N1CC1CCOCC1. The van der Waals surface area contributed by atoms with Crippen molar-refractivity contribution in [2.45, 2.75) is 37.2 Å². The number of thioether (sulfide) groups is 1. The lowest BCUT2D eigenvalue weighted by Crippen LogP contribution is -2.40. The van der Waals surface area contributed by atoms with Gasteiger partial charge >= 0.3 is 6.09 Å². The number of hydrogen-bond acceptors (Lipinski definition) is 4. The highest BCUT2D eigenvalue weighted by atomic mass is 32.2. The highest BCUT2D eigenvalue weighted by molar-refractivity contribution is 8.06. The van der Waals surface area contributed by atoms with E-state index < -0.39 is 0 Å². The Morgan fingerprint density at radius 3 is 2.76 bits per heavy atom. The second kappa shape index (κ2) is 4.69. The third-order valence-corrected chi connectivity index (χ3v) is 4.95. The topological polar surface area (TPSA) is 38.8 Å². The van der Waals surface area contributed by atoms with E-state index in [1.807, 2.05) is 16.7 Å². The van der Waals surface area contributed by atoms with Crippen molar-refractivity contribution >= 4 is 17.9 Å². The highest BCUT2D eigenvalue weighted by Crippen LogP contribution is 2.40. The van der Waals surface area contributed by atoms with Crippen molar-refractivity contribution in [1.82, 2.24) is 4.90 Å². The number of rotatable bonds is 3. The van der Waals surface area contributed by atoms with Crippen LogP contribution in [0.15, 0.2) is 0 Å². The summed E-state index contributed by atoms with van der Waals surface area (Å²) < 4.78 is 10.8. The molecule has 4 nitrogen and oxygen atoms in total. The van der Waals surface area contributed by atoms with E-state index in [2.05, 4.69) is 6.92 Å². The van der Waals surface area contributed by atoms with Crippen molar-refractivity contribution < 1.29 is 14.3 Å². The Morgan fingerprint density at radius 1 is 1.41 bits per heavy atom. The molecule has 3 atom stereocenters. The summed E-state index contributed by atoms with van der Waals surface area (Å²) in [6.45, 7) is 4.64. The molecule has 3 saturated heterocycles. The Labute approximate surface area is 106 Å². The average Bonchev–Trinajstić information content (AvgIpc) is 3.13. The minimum Gasteiger partial charge on any atom is -0.443 e. The van der Waals surface area contributed by atoms with E-state index >= 15 is 0 Å². The van der Waals surface area contributed by atoms with Gasteiger partial charge in [-0.1, -0.05) is 0 Å². The van der Waals surface area contributed by atoms with Crippen LogP contribution in [0.25, 0.3) is 0 Å². The summed E-state index contributed by atoms with van der Waals surface area (Å²) in [5.41, 5.74) is 0. The van der Waals surface area contributed by atoms with Crippen LogP contribution < -0.4 is 0 Å². The minimum absolute atomic E-state index is 0.110. The zero-order valence-corrected chi connectivity index (χ0v) is 10.9. The van der Waals surface area contributed by atoms with Gasteiger partial charge in [-0.25, -0.2) is 4.79 Å². The molecule has 0 spiro atoms. The van der Waals surface area contributed by atoms with Crippen molar-refractivity contribution in [1.29, 1.82) is 0 Å². The summed E-state index contributed by atoms with van der Waals surface area (Å²) in [6, 6.07) is 0.241. The molecular formula is C12H19NO3S. The molecule has 17 heavy (non-hydrogen) atoms. The number of carbonyl (C=O) groups is 1. The van der Waals surface area contributed by atoms with Crippen molar-refractivity contribution in [3.05, 3.63) is 0 Å². The predicted molar refractivity (Wildman–Crippen MR) is 66.2 cm³/mol. The molecule has 0 aromatic rings. The van der Waals surface area contributed by atoms with Crippen LogP contribution in [0.4, 0.5) is 4.79 Å². The summed E-state index contributed by atoms with van der Waals surface area (Å²) in [5.74, 6) is 1.73. The Hall–Kier alpha value is -0.420. The van der Waals surface area contributed by atoms with Gasteiger partial charge in [0.15, 0.2) is 0 Å². The van der Waals surface area contributed by atoms with Gasteiger partial charge in [0.25, 0.3) is 0 Å². The second-order valence-corrected chi connectivity index (χ2v) is 6.44. The lowest BCUT2D eigenvalue weighted by Gasteiger charge is -2.28. The number of hydrogen-bond donors (Lipinski definition) is 0. The van der Waals surface area contributed by atoms with Crippen molar-refractivity contribution in [2.24, 2.45) is 5.92 Å². The molecule has 3 rings (SSSR count). The molecule has 0 aromatic carbocycles. The van der Waals surface area contributed by atoms with Gasteiger partial charge < -0.3 is 14.4 Å². The fourth-order valence-electron chi connectivity index (χ4n) is 2.71. The minimum atomic E-state index is -0.110. The van der Waals surface area contributed by atoms with Gasteiger partial charge in [0, 0.05) is 25.5 Å². The number of carbonyl (C=O) groups excluding carboxylic acids is 1. The number of cyclic esters (lactones) is 1. The maximum atomic E-state index is 11.9. The Balaban J connectivity index is 1.59. The number of ether oxygens (including phenoxy) is 2. The first-order valence-corrected chi connectivity index (χ1v) is 7.47. The number of amides is 1. The first-order chi connectivity index (χ1) is 8.25. The Kier molecular flexibility index (Phi) is 3.21. The maximum absolute atomic E-state index is 11.9. The molecule has 0 aliphatic carbocycles. The molecule has 0 N–H and O–H groups in total. The van der Waals surface area contributed by atoms with E-state index in [0.717, 1.165) is 38.4 Å². The van der Waals surface area contributed by atoms with Gasteiger partial charge in [-0.05, 0) is 25.7 Å². The molecule has 96 valence electrons. The first kappa shape index (κ1) is 11.7. The van der Waals surface area contributed by atoms with Crippen LogP contribution in [-0.2, 0) is 9.47 Å². The van der Waals surface area contributed by atoms with Gasteiger partial charge in [0.1, 0.15) is 6.10 Å². The Morgan fingerprint density at radius 2 is 2.12 bits per heavy atom. The third-order valence-electron chi connectivity index (χ3n) is 3.96. The molecule has 3 heterocycles. The molecule has 0 saturated carbocycles. The lowest BCUT2D eigenvalue weighted by molar-refractivity contribution is 0.0547. The second-order valence-electron chi connectivity index (χ2n) is 5.17. The molecule has 3 fully saturated rings. The zero-order chi connectivity index (χ0) is 11.8. The van der Waals surface area contributed by atoms with Crippen LogP contribution in [-0.4, -0.2) is 53.9 Å². The summed E-state index contributed by atoms with van der Waals surface area (Å²) in [6.07, 6.45) is 2.15. The molecule has 3 aliphatic heterocycles. The molecular weight excluding hydrogens is 238 g/mol. The summed E-state index contributed by atoms with van der Waals surface area (Å²) in [4.78, 5) is 13.8. The van der Waals surface area contributed by atoms with Crippen LogP contribution in [0, 0.1) is 5.92 Å². The molecule has 0 bridgehead atoms. The largest absolute Gasteiger partial charge is 0.443 e. The lowest BCUT2D eigenvalue weighted by atomic mass is 9.99. The molecule has 3 aliphatic rings. The van der Waals surface area contributed by atoms with Crippen molar-refractivity contribution in [2.75, 3.05) is 25.5 Å². The van der Waals surface area contributed by atoms with Crippen LogP contribution in [0.1, 0.15) is 19.8 Å². The summed E-state index contributed by atoms with van der Waals surface area (Å²) in [5, 5.41) is 0.550. The van der Waals surface area contributed by atoms with E-state index in [1.165, 1.54) is 0 Å². The summed E-state index contributed by atoms with van der Waals surface area (Å²) in [7, 11) is 0. The van der Waals surface area contributed by atoms with E-state index in [1.54, 1.807) is 0 Å². The van der Waals surface area contributed by atoms with Crippen LogP contribution in [0.3, 0.4) is 0 Å². The van der Waals surface area contributed by atoms with Gasteiger partial charge in [-0.3, -0.25) is 0 Å². The quantitative estimate of drug-likeness (QED) is 0.722. The van der Waals surface area contributed by atoms with Gasteiger partial charge in [0.05, 0.1) is 11.3 Å². The van der Waals surface area contributed by atoms with Crippen LogP contribution in [0.2, 0.25) is 0 Å². The van der Waals surface area contributed by atoms with Crippen LogP contribution >= 0.6 is 11.8 Å². The normalized spacial score (nSPS) is 38.3. The highest BCUT2D eigenvalue weighted by Gasteiger charge is 2.47. The standard InChI is InChI=1S/C12H19NO3S/c1-8-11(10-7-17-10)16-12(14)13(8)6-9-2-4-15-5-3-9/h8-11H,2-7H2,1H3/t8-,10?,11+/m1/s1. The molecule has 1 unspecified atom stereocenters. The zero-order valence-electron chi connectivity index (χ0n) is 10.1. The van der Waals surface area contributed by atoms with E-state index in [9.17, 15) is 4.79 Å². The monoisotopic (exact) mass is 257 g/mol. The van der Waals surface area contributed by atoms with Gasteiger partial charge in [-0.15, -0.1) is 0 Å². The Bertz CT molecular complexity index is 302. The van der Waals surface area contributed by atoms with E-state index in [-0.39, 0.29) is 18.2 Å². The maximum Gasteiger partial charge on any atom is 0.410 e. The van der Waals surface area contributed by atoms with Gasteiger partial charge in [0.2, 0.25) is 0 Å². The smallest absolute Gasteiger partial charge is 0.410 e. The van der Waals surface area contributed by atoms with E-state index in [0.29, 0.717) is 11.2 Å². The van der Waals surface area contributed by atoms with Crippen molar-refractivity contribution in [3.63, 3.8) is 0 Å². The molecule has 5 heteroatoms. The average molecular weight is 257 g/mol. The van der Waals surface area contributed by atoms with Gasteiger partial charge in [-0.2, -0.15) is 11.8 Å². The molecule has 1 amide bonds. The summed E-state index contributed by atoms with van der Waals surface area (Å²) >= 11 is 1.90. The van der Waals surface area contributed by atoms with Crippen molar-refractivity contribution in [3.8, 4) is 0 Å². The number of nitrogens with zero attached hydrogens (tertiary/aromatic N) is 1. The predicted octanol–water partition coefficient (Wildman–Crippen LogP) is 1.74.